The Labute approximate surface area is 184 Å². The lowest BCUT2D eigenvalue weighted by atomic mass is 10.2. The predicted molar refractivity (Wildman–Crippen MR) is 114 cm³/mol. The highest BCUT2D eigenvalue weighted by molar-refractivity contribution is 6.33. The minimum atomic E-state index is -4.48. The standard InChI is InChI=1S/C21H15ClF3N5O2/c1-30-19-5-3-14(32-15-6-7-26-13(9-15)11-27-31)10-18(19)29-20(30)28-17-4-2-12(8-16(17)22)21(23,24)25/h2-10H,11H2,1H3,(H,28,29). The smallest absolute Gasteiger partial charge is 0.416 e. The number of anilines is 2. The van der Waals surface area contributed by atoms with Gasteiger partial charge in [-0.15, -0.1) is 0 Å². The summed E-state index contributed by atoms with van der Waals surface area (Å²) in [4.78, 5) is 19.0. The normalized spacial score (nSPS) is 11.5. The fourth-order valence-corrected chi connectivity index (χ4v) is 3.30. The number of halogens is 4. The highest BCUT2D eigenvalue weighted by Gasteiger charge is 2.31. The third-order valence-corrected chi connectivity index (χ3v) is 4.96. The zero-order chi connectivity index (χ0) is 22.9. The first-order valence-corrected chi connectivity index (χ1v) is 9.64. The molecule has 0 atom stereocenters. The first-order valence-electron chi connectivity index (χ1n) is 9.27. The Kier molecular flexibility index (Phi) is 5.70. The Hall–Kier alpha value is -3.66. The Morgan fingerprint density at radius 2 is 1.91 bits per heavy atom. The average molecular weight is 462 g/mol. The van der Waals surface area contributed by atoms with Gasteiger partial charge in [-0.1, -0.05) is 16.8 Å². The number of nitrogens with zero attached hydrogens (tertiary/aromatic N) is 4. The summed E-state index contributed by atoms with van der Waals surface area (Å²) in [5.41, 5.74) is 1.31. The SMILES string of the molecule is Cn1c(Nc2ccc(C(F)(F)F)cc2Cl)nc2cc(Oc3ccnc(CN=O)c3)ccc21. The number of fused-ring (bicyclic) bond motifs is 1. The second-order valence-electron chi connectivity index (χ2n) is 6.83. The second kappa shape index (κ2) is 8.46. The van der Waals surface area contributed by atoms with Crippen LogP contribution in [-0.4, -0.2) is 14.5 Å². The lowest BCUT2D eigenvalue weighted by Gasteiger charge is -2.11. The molecule has 0 fully saturated rings. The van der Waals surface area contributed by atoms with E-state index in [9.17, 15) is 18.1 Å². The molecular weight excluding hydrogens is 447 g/mol. The Balaban J connectivity index is 1.59. The molecule has 7 nitrogen and oxygen atoms in total. The van der Waals surface area contributed by atoms with Crippen molar-refractivity contribution < 1.29 is 17.9 Å². The van der Waals surface area contributed by atoms with Gasteiger partial charge in [0.2, 0.25) is 5.95 Å². The summed E-state index contributed by atoms with van der Waals surface area (Å²) < 4.78 is 46.1. The number of hydrogen-bond acceptors (Lipinski definition) is 6. The van der Waals surface area contributed by atoms with Crippen molar-refractivity contribution in [2.75, 3.05) is 5.32 Å². The van der Waals surface area contributed by atoms with Crippen LogP contribution in [0.25, 0.3) is 11.0 Å². The van der Waals surface area contributed by atoms with Crippen LogP contribution < -0.4 is 10.1 Å². The molecule has 0 saturated carbocycles. The van der Waals surface area contributed by atoms with Gasteiger partial charge in [0.05, 0.1) is 33.0 Å². The molecule has 1 N–H and O–H groups in total. The van der Waals surface area contributed by atoms with Crippen molar-refractivity contribution in [1.29, 1.82) is 0 Å². The number of alkyl halides is 3. The first kappa shape index (κ1) is 21.6. The van der Waals surface area contributed by atoms with Gasteiger partial charge in [0.1, 0.15) is 18.0 Å². The quantitative estimate of drug-likeness (QED) is 0.334. The molecule has 0 unspecified atom stereocenters. The molecule has 0 aliphatic carbocycles. The van der Waals surface area contributed by atoms with E-state index in [0.29, 0.717) is 34.3 Å². The molecule has 0 radical (unpaired) electrons. The number of aromatic nitrogens is 3. The topological polar surface area (TPSA) is 81.4 Å². The van der Waals surface area contributed by atoms with Crippen molar-refractivity contribution >= 4 is 34.3 Å². The van der Waals surface area contributed by atoms with E-state index in [1.54, 1.807) is 41.9 Å². The van der Waals surface area contributed by atoms with Crippen LogP contribution in [0.4, 0.5) is 24.8 Å². The minimum Gasteiger partial charge on any atom is -0.457 e. The fraction of sp³-hybridized carbons (Fsp3) is 0.143. The molecule has 2 heterocycles. The monoisotopic (exact) mass is 461 g/mol. The predicted octanol–water partition coefficient (Wildman–Crippen LogP) is 6.44. The van der Waals surface area contributed by atoms with Gasteiger partial charge in [0.15, 0.2) is 0 Å². The third kappa shape index (κ3) is 4.50. The van der Waals surface area contributed by atoms with E-state index in [-0.39, 0.29) is 11.6 Å². The molecule has 4 aromatic rings. The Bertz CT molecular complexity index is 1310. The number of nitroso groups, excluding NO2 is 1. The van der Waals surface area contributed by atoms with E-state index < -0.39 is 11.7 Å². The number of benzene rings is 2. The highest BCUT2D eigenvalue weighted by atomic mass is 35.5. The summed E-state index contributed by atoms with van der Waals surface area (Å²) in [5.74, 6) is 1.39. The first-order chi connectivity index (χ1) is 15.2. The fourth-order valence-electron chi connectivity index (χ4n) is 3.08. The molecule has 0 spiro atoms. The van der Waals surface area contributed by atoms with Gasteiger partial charge >= 0.3 is 6.18 Å². The number of hydrogen-bond donors (Lipinski definition) is 1. The minimum absolute atomic E-state index is 0.0575. The molecule has 11 heteroatoms. The van der Waals surface area contributed by atoms with Gasteiger partial charge < -0.3 is 14.6 Å². The molecule has 4 rings (SSSR count). The lowest BCUT2D eigenvalue weighted by molar-refractivity contribution is -0.137. The Morgan fingerprint density at radius 1 is 1.12 bits per heavy atom. The highest BCUT2D eigenvalue weighted by Crippen LogP contribution is 2.35. The van der Waals surface area contributed by atoms with Crippen LogP contribution >= 0.6 is 11.6 Å². The molecule has 0 saturated heterocycles. The molecule has 2 aromatic heterocycles. The van der Waals surface area contributed by atoms with Crippen molar-refractivity contribution in [3.8, 4) is 11.5 Å². The zero-order valence-corrected chi connectivity index (χ0v) is 17.3. The molecule has 164 valence electrons. The van der Waals surface area contributed by atoms with Crippen molar-refractivity contribution in [2.24, 2.45) is 12.2 Å². The number of rotatable bonds is 6. The number of pyridine rings is 1. The lowest BCUT2D eigenvalue weighted by Crippen LogP contribution is -2.05. The van der Waals surface area contributed by atoms with Gasteiger partial charge in [-0.2, -0.15) is 18.1 Å². The maximum absolute atomic E-state index is 12.9. The van der Waals surface area contributed by atoms with Crippen LogP contribution in [0.2, 0.25) is 5.02 Å². The summed E-state index contributed by atoms with van der Waals surface area (Å²) in [6.07, 6.45) is -2.96. The second-order valence-corrected chi connectivity index (χ2v) is 7.24. The van der Waals surface area contributed by atoms with Crippen LogP contribution in [0.1, 0.15) is 11.3 Å². The van der Waals surface area contributed by atoms with Crippen LogP contribution in [0.5, 0.6) is 11.5 Å². The maximum Gasteiger partial charge on any atom is 0.416 e. The van der Waals surface area contributed by atoms with Crippen LogP contribution in [0, 0.1) is 4.91 Å². The van der Waals surface area contributed by atoms with Crippen LogP contribution in [-0.2, 0) is 19.8 Å². The summed E-state index contributed by atoms with van der Waals surface area (Å²) in [7, 11) is 1.76. The molecule has 0 amide bonds. The van der Waals surface area contributed by atoms with Crippen molar-refractivity contribution in [3.05, 3.63) is 75.9 Å². The summed E-state index contributed by atoms with van der Waals surface area (Å²) in [5, 5.41) is 5.70. The maximum atomic E-state index is 12.9. The molecule has 0 aliphatic rings. The van der Waals surface area contributed by atoms with E-state index >= 15 is 0 Å². The summed E-state index contributed by atoms with van der Waals surface area (Å²) in [6.45, 7) is -0.0575. The molecule has 0 bridgehead atoms. The number of nitrogens with one attached hydrogen (secondary N) is 1. The van der Waals surface area contributed by atoms with Crippen LogP contribution in [0.15, 0.2) is 59.9 Å². The van der Waals surface area contributed by atoms with E-state index in [2.05, 4.69) is 20.5 Å². The van der Waals surface area contributed by atoms with Crippen molar-refractivity contribution in [3.63, 3.8) is 0 Å². The van der Waals surface area contributed by atoms with E-state index in [4.69, 9.17) is 16.3 Å². The van der Waals surface area contributed by atoms with Crippen molar-refractivity contribution in [1.82, 2.24) is 14.5 Å². The largest absolute Gasteiger partial charge is 0.457 e. The molecule has 0 aliphatic heterocycles. The number of imidazole rings is 1. The van der Waals surface area contributed by atoms with Gasteiger partial charge in [-0.25, -0.2) is 4.98 Å². The third-order valence-electron chi connectivity index (χ3n) is 4.65. The number of aryl methyl sites for hydroxylation is 1. The van der Waals surface area contributed by atoms with Crippen molar-refractivity contribution in [2.45, 2.75) is 12.7 Å². The summed E-state index contributed by atoms with van der Waals surface area (Å²) in [6, 6.07) is 11.6. The zero-order valence-electron chi connectivity index (χ0n) is 16.5. The molecule has 2 aromatic carbocycles. The van der Waals surface area contributed by atoms with E-state index in [1.807, 2.05) is 0 Å². The van der Waals surface area contributed by atoms with Gasteiger partial charge in [0, 0.05) is 25.4 Å². The van der Waals surface area contributed by atoms with Crippen LogP contribution in [0.3, 0.4) is 0 Å². The summed E-state index contributed by atoms with van der Waals surface area (Å²) >= 11 is 6.04. The Morgan fingerprint density at radius 3 is 2.62 bits per heavy atom. The van der Waals surface area contributed by atoms with E-state index in [0.717, 1.165) is 17.6 Å². The molecule has 32 heavy (non-hydrogen) atoms. The number of ether oxygens (including phenoxy) is 1. The average Bonchev–Trinajstić information content (AvgIpc) is 3.04. The van der Waals surface area contributed by atoms with Gasteiger partial charge in [-0.05, 0) is 36.4 Å². The van der Waals surface area contributed by atoms with Gasteiger partial charge in [-0.3, -0.25) is 4.98 Å². The van der Waals surface area contributed by atoms with Gasteiger partial charge in [0.25, 0.3) is 0 Å². The molecular formula is C21H15ClF3N5O2. The van der Waals surface area contributed by atoms with E-state index in [1.165, 1.54) is 12.3 Å².